The highest BCUT2D eigenvalue weighted by molar-refractivity contribution is 5.89. The largest absolute Gasteiger partial charge is 0.462 e. The van der Waals surface area contributed by atoms with E-state index in [0.29, 0.717) is 18.2 Å². The molecule has 1 aromatic heterocycles. The molecule has 1 aliphatic heterocycles. The van der Waals surface area contributed by atoms with E-state index in [-0.39, 0.29) is 5.97 Å². The van der Waals surface area contributed by atoms with Gasteiger partial charge in [-0.25, -0.2) is 9.78 Å². The van der Waals surface area contributed by atoms with Crippen LogP contribution in [0.25, 0.3) is 0 Å². The van der Waals surface area contributed by atoms with Gasteiger partial charge < -0.3 is 15.4 Å². The molecule has 5 heteroatoms. The van der Waals surface area contributed by atoms with E-state index < -0.39 is 0 Å². The second-order valence-electron chi connectivity index (χ2n) is 3.65. The molecule has 0 aliphatic carbocycles. The molecule has 16 heavy (non-hydrogen) atoms. The van der Waals surface area contributed by atoms with Crippen molar-refractivity contribution in [1.82, 2.24) is 10.3 Å². The molecule has 0 amide bonds. The SMILES string of the molecule is CCOC(=O)c1ccc(NC2CNC2)nc1. The fourth-order valence-electron chi connectivity index (χ4n) is 1.41. The maximum atomic E-state index is 11.4. The van der Waals surface area contributed by atoms with Crippen LogP contribution in [-0.2, 0) is 4.74 Å². The minimum Gasteiger partial charge on any atom is -0.462 e. The smallest absolute Gasteiger partial charge is 0.339 e. The van der Waals surface area contributed by atoms with Crippen molar-refractivity contribution in [1.29, 1.82) is 0 Å². The predicted octanol–water partition coefficient (Wildman–Crippen LogP) is 0.642. The van der Waals surface area contributed by atoms with Crippen LogP contribution in [0.1, 0.15) is 17.3 Å². The van der Waals surface area contributed by atoms with Gasteiger partial charge in [0.2, 0.25) is 0 Å². The number of anilines is 1. The predicted molar refractivity (Wildman–Crippen MR) is 60.5 cm³/mol. The van der Waals surface area contributed by atoms with E-state index >= 15 is 0 Å². The molecule has 1 aromatic rings. The van der Waals surface area contributed by atoms with Crippen molar-refractivity contribution in [2.45, 2.75) is 13.0 Å². The Kier molecular flexibility index (Phi) is 3.36. The Morgan fingerprint density at radius 1 is 1.62 bits per heavy atom. The first kappa shape index (κ1) is 10.9. The summed E-state index contributed by atoms with van der Waals surface area (Å²) in [6, 6.07) is 3.96. The molecule has 0 saturated carbocycles. The van der Waals surface area contributed by atoms with Gasteiger partial charge in [-0.15, -0.1) is 0 Å². The van der Waals surface area contributed by atoms with E-state index in [0.717, 1.165) is 18.9 Å². The van der Waals surface area contributed by atoms with Gasteiger partial charge in [0.05, 0.1) is 18.2 Å². The number of nitrogens with one attached hydrogen (secondary N) is 2. The number of nitrogens with zero attached hydrogens (tertiary/aromatic N) is 1. The Hall–Kier alpha value is -1.62. The highest BCUT2D eigenvalue weighted by atomic mass is 16.5. The van der Waals surface area contributed by atoms with Gasteiger partial charge in [0, 0.05) is 19.3 Å². The van der Waals surface area contributed by atoms with Crippen LogP contribution in [-0.4, -0.2) is 36.7 Å². The lowest BCUT2D eigenvalue weighted by atomic mass is 10.2. The summed E-state index contributed by atoms with van der Waals surface area (Å²) in [7, 11) is 0. The average Bonchev–Trinajstić information content (AvgIpc) is 2.25. The highest BCUT2D eigenvalue weighted by Crippen LogP contribution is 2.09. The molecule has 5 nitrogen and oxygen atoms in total. The van der Waals surface area contributed by atoms with Gasteiger partial charge >= 0.3 is 5.97 Å². The summed E-state index contributed by atoms with van der Waals surface area (Å²) in [5, 5.41) is 6.41. The molecule has 0 aromatic carbocycles. The number of carbonyl (C=O) groups is 1. The molecule has 1 fully saturated rings. The van der Waals surface area contributed by atoms with E-state index in [4.69, 9.17) is 4.74 Å². The molecular formula is C11H15N3O2. The lowest BCUT2D eigenvalue weighted by molar-refractivity contribution is 0.0526. The van der Waals surface area contributed by atoms with Gasteiger partial charge in [-0.05, 0) is 19.1 Å². The van der Waals surface area contributed by atoms with Crippen LogP contribution in [0.2, 0.25) is 0 Å². The number of esters is 1. The normalized spacial score (nSPS) is 15.3. The summed E-state index contributed by atoms with van der Waals surface area (Å²) < 4.78 is 4.87. The van der Waals surface area contributed by atoms with Crippen molar-refractivity contribution in [3.05, 3.63) is 23.9 Å². The van der Waals surface area contributed by atoms with Gasteiger partial charge in [0.25, 0.3) is 0 Å². The molecule has 86 valence electrons. The third-order valence-electron chi connectivity index (χ3n) is 2.41. The lowest BCUT2D eigenvalue weighted by Crippen LogP contribution is -2.51. The minimum atomic E-state index is -0.327. The minimum absolute atomic E-state index is 0.327. The number of ether oxygens (including phenoxy) is 1. The molecule has 0 unspecified atom stereocenters. The number of hydrogen-bond donors (Lipinski definition) is 2. The molecular weight excluding hydrogens is 206 g/mol. The Morgan fingerprint density at radius 2 is 2.44 bits per heavy atom. The summed E-state index contributed by atoms with van der Waals surface area (Å²) in [4.78, 5) is 15.5. The summed E-state index contributed by atoms with van der Waals surface area (Å²) >= 11 is 0. The second kappa shape index (κ2) is 4.94. The van der Waals surface area contributed by atoms with Crippen molar-refractivity contribution in [2.75, 3.05) is 25.0 Å². The maximum absolute atomic E-state index is 11.4. The Balaban J connectivity index is 1.95. The van der Waals surface area contributed by atoms with Crippen LogP contribution in [0.3, 0.4) is 0 Å². The highest BCUT2D eigenvalue weighted by Gasteiger charge is 2.16. The van der Waals surface area contributed by atoms with E-state index in [2.05, 4.69) is 15.6 Å². The summed E-state index contributed by atoms with van der Waals surface area (Å²) in [6.07, 6.45) is 1.53. The fraction of sp³-hybridized carbons (Fsp3) is 0.455. The average molecular weight is 221 g/mol. The van der Waals surface area contributed by atoms with E-state index in [1.54, 1.807) is 19.1 Å². The van der Waals surface area contributed by atoms with Crippen LogP contribution in [0.15, 0.2) is 18.3 Å². The molecule has 1 saturated heterocycles. The quantitative estimate of drug-likeness (QED) is 0.731. The summed E-state index contributed by atoms with van der Waals surface area (Å²) in [6.45, 7) is 4.08. The Bertz CT molecular complexity index is 360. The fourth-order valence-corrected chi connectivity index (χ4v) is 1.41. The summed E-state index contributed by atoms with van der Waals surface area (Å²) in [5.74, 6) is 0.464. The van der Waals surface area contributed by atoms with Gasteiger partial charge in [-0.3, -0.25) is 0 Å². The standard InChI is InChI=1S/C11H15N3O2/c1-2-16-11(15)8-3-4-10(13-5-8)14-9-6-12-7-9/h3-5,9,12H,2,6-7H2,1H3,(H,13,14). The zero-order valence-corrected chi connectivity index (χ0v) is 9.19. The number of hydrogen-bond acceptors (Lipinski definition) is 5. The van der Waals surface area contributed by atoms with Crippen LogP contribution in [0.4, 0.5) is 5.82 Å². The van der Waals surface area contributed by atoms with Crippen molar-refractivity contribution < 1.29 is 9.53 Å². The number of aromatic nitrogens is 1. The zero-order chi connectivity index (χ0) is 11.4. The van der Waals surface area contributed by atoms with Crippen LogP contribution in [0, 0.1) is 0 Å². The van der Waals surface area contributed by atoms with Crippen LogP contribution >= 0.6 is 0 Å². The van der Waals surface area contributed by atoms with E-state index in [1.165, 1.54) is 6.20 Å². The third-order valence-corrected chi connectivity index (χ3v) is 2.41. The number of carbonyl (C=O) groups excluding carboxylic acids is 1. The van der Waals surface area contributed by atoms with Crippen molar-refractivity contribution in [2.24, 2.45) is 0 Å². The topological polar surface area (TPSA) is 63.2 Å². The van der Waals surface area contributed by atoms with Gasteiger partial charge in [0.15, 0.2) is 0 Å². The summed E-state index contributed by atoms with van der Waals surface area (Å²) in [5.41, 5.74) is 0.485. The Morgan fingerprint density at radius 3 is 2.94 bits per heavy atom. The number of rotatable bonds is 4. The molecule has 1 aliphatic rings. The van der Waals surface area contributed by atoms with Crippen molar-refractivity contribution in [3.8, 4) is 0 Å². The zero-order valence-electron chi connectivity index (χ0n) is 9.19. The lowest BCUT2D eigenvalue weighted by Gasteiger charge is -2.28. The molecule has 2 heterocycles. The molecule has 0 radical (unpaired) electrons. The number of pyridine rings is 1. The molecule has 2 rings (SSSR count). The van der Waals surface area contributed by atoms with Crippen LogP contribution in [0.5, 0.6) is 0 Å². The van der Waals surface area contributed by atoms with Crippen LogP contribution < -0.4 is 10.6 Å². The van der Waals surface area contributed by atoms with Crippen molar-refractivity contribution >= 4 is 11.8 Å². The van der Waals surface area contributed by atoms with Gasteiger partial charge in [-0.1, -0.05) is 0 Å². The van der Waals surface area contributed by atoms with Gasteiger partial charge in [0.1, 0.15) is 5.82 Å². The second-order valence-corrected chi connectivity index (χ2v) is 3.65. The molecule has 0 atom stereocenters. The maximum Gasteiger partial charge on any atom is 0.339 e. The molecule has 0 spiro atoms. The van der Waals surface area contributed by atoms with Crippen molar-refractivity contribution in [3.63, 3.8) is 0 Å². The molecule has 0 bridgehead atoms. The third kappa shape index (κ3) is 2.49. The van der Waals surface area contributed by atoms with E-state index in [1.807, 2.05) is 0 Å². The first-order valence-corrected chi connectivity index (χ1v) is 5.40. The van der Waals surface area contributed by atoms with Gasteiger partial charge in [-0.2, -0.15) is 0 Å². The Labute approximate surface area is 94.2 Å². The molecule has 2 N–H and O–H groups in total. The first-order valence-electron chi connectivity index (χ1n) is 5.40. The van der Waals surface area contributed by atoms with E-state index in [9.17, 15) is 4.79 Å². The first-order chi connectivity index (χ1) is 7.79. The monoisotopic (exact) mass is 221 g/mol.